The van der Waals surface area contributed by atoms with Crippen molar-refractivity contribution in [1.82, 2.24) is 19.9 Å². The van der Waals surface area contributed by atoms with Crippen LogP contribution in [0.1, 0.15) is 43.7 Å². The standard InChI is InChI=1S/C30H39N5O5S2/c1-30(2)18-21-7-6-10-25(27(21)32-19-30)42(38,39)34-23(17-26-33-22-8-4-5-9-24(22)41-26)28(36)35-14-11-20(12-15-35)13-16-40-29(37)31-3/h4-10,20,23,32,34H,11-19H2,1-3H3,(H,31,37)/t23-/m0/s1. The summed E-state index contributed by atoms with van der Waals surface area (Å²) in [6, 6.07) is 12.0. The summed E-state index contributed by atoms with van der Waals surface area (Å²) in [5.41, 5.74) is 2.39. The van der Waals surface area contributed by atoms with Gasteiger partial charge in [0.05, 0.1) is 27.5 Å². The van der Waals surface area contributed by atoms with E-state index in [0.29, 0.717) is 42.9 Å². The second-order valence-electron chi connectivity index (χ2n) is 11.9. The lowest BCUT2D eigenvalue weighted by Gasteiger charge is -2.35. The molecule has 0 saturated carbocycles. The second-order valence-corrected chi connectivity index (χ2v) is 14.7. The van der Waals surface area contributed by atoms with Crippen LogP contribution in [0.2, 0.25) is 0 Å². The minimum Gasteiger partial charge on any atom is -0.450 e. The summed E-state index contributed by atoms with van der Waals surface area (Å²) in [5, 5.41) is 6.47. The van der Waals surface area contributed by atoms with E-state index in [0.717, 1.165) is 41.5 Å². The van der Waals surface area contributed by atoms with Crippen molar-refractivity contribution >= 4 is 49.3 Å². The van der Waals surface area contributed by atoms with Gasteiger partial charge in [0.25, 0.3) is 0 Å². The molecular weight excluding hydrogens is 574 g/mol. The molecule has 226 valence electrons. The van der Waals surface area contributed by atoms with E-state index in [-0.39, 0.29) is 22.6 Å². The third-order valence-corrected chi connectivity index (χ3v) is 10.6. The number of nitrogens with zero attached hydrogens (tertiary/aromatic N) is 2. The Balaban J connectivity index is 1.35. The highest BCUT2D eigenvalue weighted by atomic mass is 32.2. The Morgan fingerprint density at radius 3 is 2.67 bits per heavy atom. The van der Waals surface area contributed by atoms with Crippen molar-refractivity contribution in [3.05, 3.63) is 53.0 Å². The van der Waals surface area contributed by atoms with Gasteiger partial charge in [0.1, 0.15) is 10.9 Å². The number of nitrogens with one attached hydrogen (secondary N) is 3. The Kier molecular flexibility index (Phi) is 9.05. The van der Waals surface area contributed by atoms with Crippen LogP contribution in [0.15, 0.2) is 47.4 Å². The molecule has 1 atom stereocenters. The van der Waals surface area contributed by atoms with Gasteiger partial charge in [-0.05, 0) is 60.8 Å². The Bertz CT molecular complexity index is 1510. The predicted octanol–water partition coefficient (Wildman–Crippen LogP) is 4.16. The van der Waals surface area contributed by atoms with Gasteiger partial charge in [-0.25, -0.2) is 18.2 Å². The van der Waals surface area contributed by atoms with Gasteiger partial charge in [0.2, 0.25) is 15.9 Å². The summed E-state index contributed by atoms with van der Waals surface area (Å²) in [6.45, 7) is 6.30. The van der Waals surface area contributed by atoms with Gasteiger partial charge in [-0.2, -0.15) is 4.72 Å². The molecule has 2 amide bonds. The smallest absolute Gasteiger partial charge is 0.406 e. The Labute approximate surface area is 251 Å². The quantitative estimate of drug-likeness (QED) is 0.330. The van der Waals surface area contributed by atoms with E-state index in [9.17, 15) is 18.0 Å². The maximum atomic E-state index is 13.9. The van der Waals surface area contributed by atoms with Crippen molar-refractivity contribution in [2.24, 2.45) is 11.3 Å². The second kappa shape index (κ2) is 12.6. The molecule has 12 heteroatoms. The first-order chi connectivity index (χ1) is 20.0. The number of anilines is 1. The van der Waals surface area contributed by atoms with Crippen LogP contribution < -0.4 is 15.4 Å². The molecule has 1 saturated heterocycles. The van der Waals surface area contributed by atoms with Gasteiger partial charge >= 0.3 is 6.09 Å². The zero-order valence-electron chi connectivity index (χ0n) is 24.3. The van der Waals surface area contributed by atoms with Crippen LogP contribution in [-0.2, 0) is 32.4 Å². The maximum absolute atomic E-state index is 13.9. The zero-order chi connectivity index (χ0) is 29.9. The number of likely N-dealkylation sites (tertiary alicyclic amines) is 1. The molecular formula is C30H39N5O5S2. The van der Waals surface area contributed by atoms with Gasteiger partial charge in [-0.15, -0.1) is 11.3 Å². The molecule has 0 spiro atoms. The molecule has 42 heavy (non-hydrogen) atoms. The summed E-state index contributed by atoms with van der Waals surface area (Å²) >= 11 is 1.47. The number of hydrogen-bond acceptors (Lipinski definition) is 8. The van der Waals surface area contributed by atoms with E-state index in [4.69, 9.17) is 9.72 Å². The summed E-state index contributed by atoms with van der Waals surface area (Å²) in [7, 11) is -2.52. The number of alkyl carbamates (subject to hydrolysis) is 1. The molecule has 0 radical (unpaired) electrons. The van der Waals surface area contributed by atoms with Crippen LogP contribution in [0.5, 0.6) is 0 Å². The van der Waals surface area contributed by atoms with Crippen LogP contribution in [-0.4, -0.2) is 69.6 Å². The number of rotatable bonds is 9. The first kappa shape index (κ1) is 30.2. The number of thiazole rings is 1. The Hall–Kier alpha value is -3.22. The van der Waals surface area contributed by atoms with Gasteiger partial charge < -0.3 is 20.3 Å². The van der Waals surface area contributed by atoms with Crippen molar-refractivity contribution in [3.63, 3.8) is 0 Å². The lowest BCUT2D eigenvalue weighted by molar-refractivity contribution is -0.134. The van der Waals surface area contributed by atoms with Gasteiger partial charge in [-0.1, -0.05) is 38.1 Å². The SMILES string of the molecule is CNC(=O)OCCC1CCN(C(=O)[C@H](Cc2nc3ccccc3s2)NS(=O)(=O)c2cccc3c2NCC(C)(C)C3)CC1. The average Bonchev–Trinajstić information content (AvgIpc) is 3.38. The first-order valence-electron chi connectivity index (χ1n) is 14.4. The highest BCUT2D eigenvalue weighted by molar-refractivity contribution is 7.89. The van der Waals surface area contributed by atoms with Crippen molar-refractivity contribution in [2.75, 3.05) is 38.6 Å². The molecule has 0 bridgehead atoms. The molecule has 2 aromatic carbocycles. The molecule has 3 N–H and O–H groups in total. The van der Waals surface area contributed by atoms with Crippen molar-refractivity contribution in [1.29, 1.82) is 0 Å². The molecule has 1 aromatic heterocycles. The highest BCUT2D eigenvalue weighted by Gasteiger charge is 2.35. The number of benzene rings is 2. The average molecular weight is 614 g/mol. The molecule has 0 aliphatic carbocycles. The Morgan fingerprint density at radius 2 is 1.93 bits per heavy atom. The van der Waals surface area contributed by atoms with Gasteiger partial charge in [0, 0.05) is 33.1 Å². The van der Waals surface area contributed by atoms with Gasteiger partial charge in [-0.3, -0.25) is 4.79 Å². The Morgan fingerprint density at radius 1 is 1.17 bits per heavy atom. The van der Waals surface area contributed by atoms with E-state index in [1.54, 1.807) is 17.0 Å². The fourth-order valence-corrected chi connectivity index (χ4v) is 8.15. The van der Waals surface area contributed by atoms with Crippen LogP contribution in [0, 0.1) is 11.3 Å². The number of ether oxygens (including phenoxy) is 1. The maximum Gasteiger partial charge on any atom is 0.406 e. The number of carbonyl (C=O) groups excluding carboxylic acids is 2. The number of para-hydroxylation sites is 2. The lowest BCUT2D eigenvalue weighted by atomic mass is 9.82. The van der Waals surface area contributed by atoms with Crippen molar-refractivity contribution in [2.45, 2.75) is 56.9 Å². The van der Waals surface area contributed by atoms with Crippen LogP contribution in [0.3, 0.4) is 0 Å². The van der Waals surface area contributed by atoms with Crippen molar-refractivity contribution < 1.29 is 22.7 Å². The number of hydrogen-bond donors (Lipinski definition) is 3. The molecule has 10 nitrogen and oxygen atoms in total. The molecule has 3 heterocycles. The van der Waals surface area contributed by atoms with Gasteiger partial charge in [0.15, 0.2) is 0 Å². The van der Waals surface area contributed by atoms with E-state index in [2.05, 4.69) is 29.2 Å². The fourth-order valence-electron chi connectivity index (χ4n) is 5.72. The van der Waals surface area contributed by atoms with Crippen LogP contribution in [0.25, 0.3) is 10.2 Å². The topological polar surface area (TPSA) is 130 Å². The minimum absolute atomic E-state index is 0.00876. The largest absolute Gasteiger partial charge is 0.450 e. The minimum atomic E-state index is -4.04. The number of amides is 2. The molecule has 2 aliphatic heterocycles. The molecule has 5 rings (SSSR count). The van der Waals surface area contributed by atoms with E-state index >= 15 is 0 Å². The zero-order valence-corrected chi connectivity index (χ0v) is 25.9. The summed E-state index contributed by atoms with van der Waals surface area (Å²) < 4.78 is 36.7. The van der Waals surface area contributed by atoms with Crippen LogP contribution >= 0.6 is 11.3 Å². The summed E-state index contributed by atoms with van der Waals surface area (Å²) in [5.74, 6) is 0.0704. The third-order valence-electron chi connectivity index (χ3n) is 8.02. The monoisotopic (exact) mass is 613 g/mol. The number of piperidine rings is 1. The number of carbonyl (C=O) groups is 2. The van der Waals surface area contributed by atoms with E-state index in [1.165, 1.54) is 18.4 Å². The van der Waals surface area contributed by atoms with Crippen LogP contribution in [0.4, 0.5) is 10.5 Å². The molecule has 3 aromatic rings. The first-order valence-corrected chi connectivity index (χ1v) is 16.7. The number of fused-ring (bicyclic) bond motifs is 2. The van der Waals surface area contributed by atoms with Crippen molar-refractivity contribution in [3.8, 4) is 0 Å². The summed E-state index contributed by atoms with van der Waals surface area (Å²) in [6.07, 6.45) is 2.71. The lowest BCUT2D eigenvalue weighted by Crippen LogP contribution is -2.51. The normalized spacial score (nSPS) is 17.7. The summed E-state index contributed by atoms with van der Waals surface area (Å²) in [4.78, 5) is 31.9. The molecule has 0 unspecified atom stereocenters. The number of sulfonamides is 1. The molecule has 1 fully saturated rings. The van der Waals surface area contributed by atoms with E-state index in [1.807, 2.05) is 30.3 Å². The number of aromatic nitrogens is 1. The fraction of sp³-hybridized carbons (Fsp3) is 0.500. The predicted molar refractivity (Wildman–Crippen MR) is 164 cm³/mol. The van der Waals surface area contributed by atoms with E-state index < -0.39 is 22.2 Å². The molecule has 2 aliphatic rings. The highest BCUT2D eigenvalue weighted by Crippen LogP contribution is 2.36. The third kappa shape index (κ3) is 7.04.